The molecule has 1 amide bonds. The van der Waals surface area contributed by atoms with Crippen molar-refractivity contribution in [1.82, 2.24) is 4.98 Å². The van der Waals surface area contributed by atoms with Crippen molar-refractivity contribution in [3.63, 3.8) is 0 Å². The first-order valence-electron chi connectivity index (χ1n) is 6.09. The quantitative estimate of drug-likeness (QED) is 0.776. The predicted molar refractivity (Wildman–Crippen MR) is 71.5 cm³/mol. The Morgan fingerprint density at radius 1 is 1.56 bits per heavy atom. The number of nitrogens with zero attached hydrogens (tertiary/aromatic N) is 1. The van der Waals surface area contributed by atoms with Crippen LogP contribution in [0.1, 0.15) is 33.6 Å². The van der Waals surface area contributed by atoms with Crippen LogP contribution in [0.2, 0.25) is 0 Å². The minimum absolute atomic E-state index is 0.233. The van der Waals surface area contributed by atoms with Gasteiger partial charge in [-0.2, -0.15) is 0 Å². The number of hydrogen-bond acceptors (Lipinski definition) is 4. The van der Waals surface area contributed by atoms with E-state index in [1.165, 1.54) is 0 Å². The third-order valence-corrected chi connectivity index (χ3v) is 2.31. The molecule has 5 heteroatoms. The lowest BCUT2D eigenvalue weighted by molar-refractivity contribution is -0.118. The number of aromatic nitrogens is 1. The van der Waals surface area contributed by atoms with Crippen LogP contribution in [0.3, 0.4) is 0 Å². The summed E-state index contributed by atoms with van der Waals surface area (Å²) in [6.07, 6.45) is 2.84. The highest BCUT2D eigenvalue weighted by atomic mass is 16.5. The maximum Gasteiger partial charge on any atom is 0.219 e. The maximum absolute atomic E-state index is 11.0. The number of pyridine rings is 1. The van der Waals surface area contributed by atoms with Crippen LogP contribution in [-0.2, 0) is 4.79 Å². The van der Waals surface area contributed by atoms with E-state index in [4.69, 9.17) is 10.5 Å². The van der Waals surface area contributed by atoms with Crippen LogP contribution in [0, 0.1) is 0 Å². The van der Waals surface area contributed by atoms with Crippen molar-refractivity contribution in [2.75, 3.05) is 11.9 Å². The summed E-state index contributed by atoms with van der Waals surface area (Å²) in [5.41, 5.74) is 4.77. The fraction of sp³-hybridized carbons (Fsp3) is 0.538. The summed E-state index contributed by atoms with van der Waals surface area (Å²) < 4.78 is 5.60. The molecule has 0 saturated carbocycles. The highest BCUT2D eigenvalue weighted by Gasteiger charge is 2.22. The number of anilines is 1. The summed E-state index contributed by atoms with van der Waals surface area (Å²) in [5, 5.41) is 3.19. The second-order valence-corrected chi connectivity index (χ2v) is 4.85. The topological polar surface area (TPSA) is 77.2 Å². The molecular weight excluding hydrogens is 230 g/mol. The summed E-state index contributed by atoms with van der Waals surface area (Å²) in [5.74, 6) is 0.980. The first kappa shape index (κ1) is 14.3. The molecule has 0 atom stereocenters. The Bertz CT molecular complexity index is 405. The number of nitrogens with one attached hydrogen (secondary N) is 1. The van der Waals surface area contributed by atoms with E-state index in [-0.39, 0.29) is 12.3 Å². The number of primary amides is 1. The van der Waals surface area contributed by atoms with Crippen LogP contribution in [0.15, 0.2) is 18.3 Å². The second kappa shape index (κ2) is 6.23. The molecule has 0 aliphatic carbocycles. The van der Waals surface area contributed by atoms with Gasteiger partial charge in [0.2, 0.25) is 5.91 Å². The summed E-state index contributed by atoms with van der Waals surface area (Å²) >= 11 is 0. The zero-order valence-electron chi connectivity index (χ0n) is 11.2. The van der Waals surface area contributed by atoms with E-state index in [1.807, 2.05) is 32.9 Å². The molecule has 0 spiro atoms. The Morgan fingerprint density at radius 2 is 2.28 bits per heavy atom. The van der Waals surface area contributed by atoms with E-state index in [0.29, 0.717) is 18.2 Å². The van der Waals surface area contributed by atoms with E-state index in [2.05, 4.69) is 10.3 Å². The van der Waals surface area contributed by atoms with Crippen molar-refractivity contribution < 1.29 is 9.53 Å². The van der Waals surface area contributed by atoms with Gasteiger partial charge in [0, 0.05) is 18.2 Å². The van der Waals surface area contributed by atoms with E-state index in [9.17, 15) is 4.79 Å². The molecular formula is C13H21N3O2. The third-order valence-electron chi connectivity index (χ3n) is 2.31. The summed E-state index contributed by atoms with van der Waals surface area (Å²) in [6.45, 7) is 6.48. The Hall–Kier alpha value is -1.78. The summed E-state index contributed by atoms with van der Waals surface area (Å²) in [6, 6.07) is 3.67. The van der Waals surface area contributed by atoms with Crippen molar-refractivity contribution in [2.45, 2.75) is 39.2 Å². The lowest BCUT2D eigenvalue weighted by atomic mass is 10.0. The van der Waals surface area contributed by atoms with E-state index in [1.54, 1.807) is 6.20 Å². The van der Waals surface area contributed by atoms with Crippen molar-refractivity contribution >= 4 is 11.7 Å². The van der Waals surface area contributed by atoms with Crippen LogP contribution in [0.4, 0.5) is 5.82 Å². The first-order valence-corrected chi connectivity index (χ1v) is 6.09. The zero-order chi connectivity index (χ0) is 13.6. The number of hydrogen-bond donors (Lipinski definition) is 2. The molecule has 0 unspecified atom stereocenters. The summed E-state index contributed by atoms with van der Waals surface area (Å²) in [4.78, 5) is 15.2. The fourth-order valence-corrected chi connectivity index (χ4v) is 1.61. The van der Waals surface area contributed by atoms with Gasteiger partial charge in [-0.15, -0.1) is 0 Å². The van der Waals surface area contributed by atoms with Crippen LogP contribution in [0.25, 0.3) is 0 Å². The van der Waals surface area contributed by atoms with Gasteiger partial charge >= 0.3 is 0 Å². The summed E-state index contributed by atoms with van der Waals surface area (Å²) in [7, 11) is 0. The van der Waals surface area contributed by atoms with Gasteiger partial charge in [-0.3, -0.25) is 4.79 Å². The van der Waals surface area contributed by atoms with Crippen molar-refractivity contribution in [1.29, 1.82) is 0 Å². The van der Waals surface area contributed by atoms with E-state index < -0.39 is 5.54 Å². The molecule has 18 heavy (non-hydrogen) atoms. The number of ether oxygens (including phenoxy) is 1. The molecule has 1 aromatic rings. The monoisotopic (exact) mass is 251 g/mol. The molecule has 0 aliphatic rings. The molecule has 0 aliphatic heterocycles. The van der Waals surface area contributed by atoms with Crippen LogP contribution < -0.4 is 15.8 Å². The molecule has 1 heterocycles. The SMILES string of the molecule is CCCOc1cccnc1NC(C)(C)CC(N)=O. The molecule has 1 aromatic heterocycles. The average molecular weight is 251 g/mol. The van der Waals surface area contributed by atoms with E-state index >= 15 is 0 Å². The Kier molecular flexibility index (Phi) is 4.95. The molecule has 3 N–H and O–H groups in total. The molecule has 100 valence electrons. The standard InChI is InChI=1S/C13H21N3O2/c1-4-8-18-10-6-5-7-15-12(10)16-13(2,3)9-11(14)17/h5-7H,4,8-9H2,1-3H3,(H2,14,17)(H,15,16). The third kappa shape index (κ3) is 4.61. The van der Waals surface area contributed by atoms with Gasteiger partial charge in [0.05, 0.1) is 6.61 Å². The second-order valence-electron chi connectivity index (χ2n) is 4.85. The molecule has 0 saturated heterocycles. The van der Waals surface area contributed by atoms with Crippen LogP contribution in [0.5, 0.6) is 5.75 Å². The van der Waals surface area contributed by atoms with Gasteiger partial charge in [0.25, 0.3) is 0 Å². The lowest BCUT2D eigenvalue weighted by Gasteiger charge is -2.26. The molecule has 1 rings (SSSR count). The number of nitrogens with two attached hydrogens (primary N) is 1. The number of rotatable bonds is 7. The van der Waals surface area contributed by atoms with Gasteiger partial charge < -0.3 is 15.8 Å². The lowest BCUT2D eigenvalue weighted by Crippen LogP contribution is -2.36. The van der Waals surface area contributed by atoms with Crippen molar-refractivity contribution in [2.24, 2.45) is 5.73 Å². The van der Waals surface area contributed by atoms with Gasteiger partial charge in [0.1, 0.15) is 0 Å². The first-order chi connectivity index (χ1) is 8.44. The smallest absolute Gasteiger partial charge is 0.219 e. The molecule has 0 radical (unpaired) electrons. The number of carbonyl (C=O) groups excluding carboxylic acids is 1. The Balaban J connectivity index is 2.79. The Morgan fingerprint density at radius 3 is 2.89 bits per heavy atom. The van der Waals surface area contributed by atoms with Gasteiger partial charge in [-0.05, 0) is 32.4 Å². The minimum Gasteiger partial charge on any atom is -0.490 e. The Labute approximate surface area is 108 Å². The minimum atomic E-state index is -0.454. The van der Waals surface area contributed by atoms with Crippen LogP contribution >= 0.6 is 0 Å². The average Bonchev–Trinajstić information content (AvgIpc) is 2.25. The molecule has 0 fully saturated rings. The number of amides is 1. The highest BCUT2D eigenvalue weighted by molar-refractivity contribution is 5.75. The molecule has 0 aromatic carbocycles. The highest BCUT2D eigenvalue weighted by Crippen LogP contribution is 2.25. The molecule has 5 nitrogen and oxygen atoms in total. The fourth-order valence-electron chi connectivity index (χ4n) is 1.61. The van der Waals surface area contributed by atoms with Gasteiger partial charge in [-0.25, -0.2) is 4.98 Å². The zero-order valence-corrected chi connectivity index (χ0v) is 11.2. The van der Waals surface area contributed by atoms with Gasteiger partial charge in [0.15, 0.2) is 11.6 Å². The number of carbonyl (C=O) groups is 1. The van der Waals surface area contributed by atoms with Crippen molar-refractivity contribution in [3.8, 4) is 5.75 Å². The maximum atomic E-state index is 11.0. The van der Waals surface area contributed by atoms with E-state index in [0.717, 1.165) is 6.42 Å². The normalized spacial score (nSPS) is 11.1. The predicted octanol–water partition coefficient (Wildman–Crippen LogP) is 1.94. The largest absolute Gasteiger partial charge is 0.490 e. The van der Waals surface area contributed by atoms with Crippen molar-refractivity contribution in [3.05, 3.63) is 18.3 Å². The molecule has 0 bridgehead atoms. The van der Waals surface area contributed by atoms with Gasteiger partial charge in [-0.1, -0.05) is 6.92 Å². The van der Waals surface area contributed by atoms with Crippen LogP contribution in [-0.4, -0.2) is 23.0 Å².